The van der Waals surface area contributed by atoms with Crippen LogP contribution in [0.15, 0.2) is 47.3 Å². The van der Waals surface area contributed by atoms with Crippen molar-refractivity contribution in [2.45, 2.75) is 13.3 Å². The normalized spacial score (nSPS) is 11.0. The van der Waals surface area contributed by atoms with Crippen LogP contribution in [0.4, 0.5) is 0 Å². The summed E-state index contributed by atoms with van der Waals surface area (Å²) in [5.41, 5.74) is 1.85. The van der Waals surface area contributed by atoms with Crippen molar-refractivity contribution in [3.05, 3.63) is 68.7 Å². The van der Waals surface area contributed by atoms with E-state index in [0.29, 0.717) is 22.2 Å². The van der Waals surface area contributed by atoms with Crippen molar-refractivity contribution in [1.82, 2.24) is 9.55 Å². The molecule has 0 saturated carbocycles. The Bertz CT molecular complexity index is 887. The summed E-state index contributed by atoms with van der Waals surface area (Å²) in [4.78, 5) is 16.6. The Hall–Kier alpha value is -1.84. The zero-order valence-electron chi connectivity index (χ0n) is 11.3. The predicted molar refractivity (Wildman–Crippen MR) is 86.7 cm³/mol. The molecule has 0 radical (unpaired) electrons. The number of benzene rings is 2. The van der Waals surface area contributed by atoms with E-state index in [2.05, 4.69) is 4.98 Å². The molecule has 0 aliphatic carbocycles. The number of aromatic nitrogens is 2. The first-order valence-electron chi connectivity index (χ1n) is 6.57. The van der Waals surface area contributed by atoms with Crippen LogP contribution in [-0.4, -0.2) is 9.55 Å². The zero-order valence-corrected chi connectivity index (χ0v) is 12.8. The van der Waals surface area contributed by atoms with Crippen LogP contribution in [-0.2, 0) is 6.42 Å². The van der Waals surface area contributed by atoms with Crippen LogP contribution in [0.3, 0.4) is 0 Å². The number of nitrogens with zero attached hydrogens (tertiary/aromatic N) is 2. The lowest BCUT2D eigenvalue weighted by Crippen LogP contribution is -2.23. The molecular formula is C16H12Cl2N2O. The molecule has 3 rings (SSSR count). The van der Waals surface area contributed by atoms with Crippen molar-refractivity contribution in [3.8, 4) is 5.69 Å². The van der Waals surface area contributed by atoms with Gasteiger partial charge in [0.2, 0.25) is 0 Å². The van der Waals surface area contributed by atoms with Gasteiger partial charge in [-0.1, -0.05) is 36.2 Å². The van der Waals surface area contributed by atoms with E-state index >= 15 is 0 Å². The minimum Gasteiger partial charge on any atom is -0.260 e. The van der Waals surface area contributed by atoms with Crippen LogP contribution in [0.5, 0.6) is 0 Å². The molecule has 0 aliphatic heterocycles. The lowest BCUT2D eigenvalue weighted by molar-refractivity contribution is 0.910. The maximum atomic E-state index is 12.4. The second-order valence-corrected chi connectivity index (χ2v) is 5.54. The average Bonchev–Trinajstić information content (AvgIpc) is 2.46. The molecule has 0 spiro atoms. The Morgan fingerprint density at radius 2 is 1.86 bits per heavy atom. The second kappa shape index (κ2) is 5.51. The molecule has 0 aliphatic rings. The third kappa shape index (κ3) is 2.55. The average molecular weight is 319 g/mol. The minimum absolute atomic E-state index is 0.330. The summed E-state index contributed by atoms with van der Waals surface area (Å²) >= 11 is 12.1. The van der Waals surface area contributed by atoms with E-state index < -0.39 is 0 Å². The van der Waals surface area contributed by atoms with Crippen molar-refractivity contribution < 1.29 is 0 Å². The monoisotopic (exact) mass is 318 g/mol. The lowest BCUT2D eigenvalue weighted by Gasteiger charge is -2.12. The maximum absolute atomic E-state index is 12.4. The molecule has 5 heteroatoms. The van der Waals surface area contributed by atoms with Crippen LogP contribution in [0.2, 0.25) is 10.0 Å². The van der Waals surface area contributed by atoms with Gasteiger partial charge in [-0.3, -0.25) is 4.57 Å². The quantitative estimate of drug-likeness (QED) is 0.707. The Balaban J connectivity index is 2.45. The van der Waals surface area contributed by atoms with E-state index in [1.807, 2.05) is 19.1 Å². The summed E-state index contributed by atoms with van der Waals surface area (Å²) in [5, 5.41) is 2.06. The largest absolute Gasteiger partial charge is 0.352 e. The Kier molecular flexibility index (Phi) is 3.70. The van der Waals surface area contributed by atoms with Gasteiger partial charge in [0.25, 0.3) is 0 Å². The molecule has 1 heterocycles. The van der Waals surface area contributed by atoms with Gasteiger partial charge in [-0.05, 0) is 42.8 Å². The maximum Gasteiger partial charge on any atom is 0.352 e. The fourth-order valence-electron chi connectivity index (χ4n) is 2.40. The second-order valence-electron chi connectivity index (χ2n) is 4.67. The van der Waals surface area contributed by atoms with Gasteiger partial charge in [0, 0.05) is 15.4 Å². The van der Waals surface area contributed by atoms with Gasteiger partial charge >= 0.3 is 5.69 Å². The van der Waals surface area contributed by atoms with Crippen molar-refractivity contribution in [2.75, 3.05) is 0 Å². The highest BCUT2D eigenvalue weighted by molar-refractivity contribution is 6.31. The Morgan fingerprint density at radius 3 is 2.57 bits per heavy atom. The number of halogens is 2. The standard InChI is InChI=1S/C16H12Cl2N2O/c1-2-14-13-7-6-11(18)9-15(13)20(16(21)19-14)12-5-3-4-10(17)8-12/h3-9H,2H2,1H3. The van der Waals surface area contributed by atoms with Crippen molar-refractivity contribution in [1.29, 1.82) is 0 Å². The predicted octanol–water partition coefficient (Wildman–Crippen LogP) is 4.25. The molecule has 0 bridgehead atoms. The fourth-order valence-corrected chi connectivity index (χ4v) is 2.75. The van der Waals surface area contributed by atoms with Gasteiger partial charge in [0.15, 0.2) is 0 Å². The smallest absolute Gasteiger partial charge is 0.260 e. The van der Waals surface area contributed by atoms with Crippen molar-refractivity contribution in [2.24, 2.45) is 0 Å². The molecule has 1 aromatic heterocycles. The van der Waals surface area contributed by atoms with Gasteiger partial charge in [-0.15, -0.1) is 0 Å². The molecule has 106 valence electrons. The third-order valence-corrected chi connectivity index (χ3v) is 3.80. The first kappa shape index (κ1) is 14.1. The fraction of sp³-hybridized carbons (Fsp3) is 0.125. The van der Waals surface area contributed by atoms with E-state index in [9.17, 15) is 4.79 Å². The molecule has 21 heavy (non-hydrogen) atoms. The highest BCUT2D eigenvalue weighted by Gasteiger charge is 2.11. The summed E-state index contributed by atoms with van der Waals surface area (Å²) in [6, 6.07) is 12.6. The van der Waals surface area contributed by atoms with Gasteiger partial charge in [0.05, 0.1) is 16.9 Å². The van der Waals surface area contributed by atoms with E-state index in [1.165, 1.54) is 4.57 Å². The molecule has 3 aromatic rings. The highest BCUT2D eigenvalue weighted by Crippen LogP contribution is 2.24. The number of rotatable bonds is 2. The molecule has 0 atom stereocenters. The Labute approximate surface area is 131 Å². The number of fused-ring (bicyclic) bond motifs is 1. The van der Waals surface area contributed by atoms with Gasteiger partial charge in [0.1, 0.15) is 0 Å². The first-order valence-corrected chi connectivity index (χ1v) is 7.33. The molecule has 0 fully saturated rings. The number of hydrogen-bond acceptors (Lipinski definition) is 2. The SMILES string of the molecule is CCc1nc(=O)n(-c2cccc(Cl)c2)c2cc(Cl)ccc12. The van der Waals surface area contributed by atoms with Gasteiger partial charge in [-0.2, -0.15) is 4.98 Å². The minimum atomic E-state index is -0.330. The number of aryl methyl sites for hydroxylation is 1. The van der Waals surface area contributed by atoms with Gasteiger partial charge < -0.3 is 0 Å². The third-order valence-electron chi connectivity index (χ3n) is 3.33. The van der Waals surface area contributed by atoms with Crippen molar-refractivity contribution >= 4 is 34.1 Å². The van der Waals surface area contributed by atoms with Crippen LogP contribution >= 0.6 is 23.2 Å². The topological polar surface area (TPSA) is 34.9 Å². The Morgan fingerprint density at radius 1 is 1.10 bits per heavy atom. The lowest BCUT2D eigenvalue weighted by atomic mass is 10.1. The van der Waals surface area contributed by atoms with Gasteiger partial charge in [-0.25, -0.2) is 4.79 Å². The molecular weight excluding hydrogens is 307 g/mol. The van der Waals surface area contributed by atoms with E-state index in [-0.39, 0.29) is 5.69 Å². The first-order chi connectivity index (χ1) is 10.1. The summed E-state index contributed by atoms with van der Waals surface area (Å²) in [6.45, 7) is 1.97. The van der Waals surface area contributed by atoms with Crippen molar-refractivity contribution in [3.63, 3.8) is 0 Å². The van der Waals surface area contributed by atoms with Crippen LogP contribution in [0.25, 0.3) is 16.6 Å². The van der Waals surface area contributed by atoms with Crippen LogP contribution in [0, 0.1) is 0 Å². The summed E-state index contributed by atoms with van der Waals surface area (Å²) in [6.07, 6.45) is 0.684. The van der Waals surface area contributed by atoms with E-state index in [4.69, 9.17) is 23.2 Å². The highest BCUT2D eigenvalue weighted by atomic mass is 35.5. The van der Waals surface area contributed by atoms with Crippen LogP contribution < -0.4 is 5.69 Å². The molecule has 0 unspecified atom stereocenters. The molecule has 0 saturated heterocycles. The zero-order chi connectivity index (χ0) is 15.0. The molecule has 0 N–H and O–H groups in total. The number of hydrogen-bond donors (Lipinski definition) is 0. The van der Waals surface area contributed by atoms with Crippen LogP contribution in [0.1, 0.15) is 12.6 Å². The van der Waals surface area contributed by atoms with E-state index in [0.717, 1.165) is 16.6 Å². The summed E-state index contributed by atoms with van der Waals surface area (Å²) < 4.78 is 1.53. The molecule has 0 amide bonds. The molecule has 3 nitrogen and oxygen atoms in total. The van der Waals surface area contributed by atoms with E-state index in [1.54, 1.807) is 30.3 Å². The summed E-state index contributed by atoms with van der Waals surface area (Å²) in [5.74, 6) is 0. The molecule has 2 aromatic carbocycles. The summed E-state index contributed by atoms with van der Waals surface area (Å²) in [7, 11) is 0.